The number of piperidine rings is 1. The fourth-order valence-electron chi connectivity index (χ4n) is 4.62. The summed E-state index contributed by atoms with van der Waals surface area (Å²) < 4.78 is 24.4. The number of hydrogen-bond donors (Lipinski definition) is 1. The van der Waals surface area contributed by atoms with Gasteiger partial charge in [-0.3, -0.25) is 9.88 Å². The predicted octanol–water partition coefficient (Wildman–Crippen LogP) is 4.66. The largest absolute Gasteiger partial charge is 0.469 e. The van der Waals surface area contributed by atoms with Crippen molar-refractivity contribution in [3.05, 3.63) is 82.5 Å². The van der Waals surface area contributed by atoms with Crippen molar-refractivity contribution in [2.45, 2.75) is 31.8 Å². The number of halogens is 1. The second-order valence-corrected chi connectivity index (χ2v) is 8.91. The summed E-state index contributed by atoms with van der Waals surface area (Å²) in [6.45, 7) is 3.84. The van der Waals surface area contributed by atoms with E-state index in [0.717, 1.165) is 67.9 Å². The normalized spacial score (nSPS) is 15.6. The molecule has 0 amide bonds. The minimum atomic E-state index is -0.454. The molecule has 3 heterocycles. The van der Waals surface area contributed by atoms with Gasteiger partial charge in [0.05, 0.1) is 11.8 Å². The maximum Gasteiger partial charge on any atom is 0.417 e. The Hall–Kier alpha value is -3.16. The van der Waals surface area contributed by atoms with Gasteiger partial charge in [0.1, 0.15) is 11.6 Å². The summed E-state index contributed by atoms with van der Waals surface area (Å²) in [4.78, 5) is 18.9. The third-order valence-corrected chi connectivity index (χ3v) is 6.56. The van der Waals surface area contributed by atoms with Crippen LogP contribution in [0.3, 0.4) is 0 Å². The molecule has 0 spiro atoms. The molecule has 5 rings (SSSR count). The first-order valence-corrected chi connectivity index (χ1v) is 11.4. The molecule has 0 saturated carbocycles. The second kappa shape index (κ2) is 9.37. The number of nitrogens with zero attached hydrogens (tertiary/aromatic N) is 2. The molecule has 2 aromatic carbocycles. The van der Waals surface area contributed by atoms with Gasteiger partial charge >= 0.3 is 5.76 Å². The number of aromatic amines is 1. The lowest BCUT2D eigenvalue weighted by atomic mass is 10.0. The van der Waals surface area contributed by atoms with Gasteiger partial charge in [-0.05, 0) is 74.4 Å². The number of aromatic nitrogens is 1. The fraction of sp³-hybridized carbons (Fsp3) is 0.346. The van der Waals surface area contributed by atoms with Crippen LogP contribution < -0.4 is 5.76 Å². The molecule has 0 bridgehead atoms. The Morgan fingerprint density at radius 1 is 1.09 bits per heavy atom. The number of furan rings is 1. The van der Waals surface area contributed by atoms with E-state index in [0.29, 0.717) is 17.1 Å². The van der Waals surface area contributed by atoms with E-state index in [4.69, 9.17) is 8.83 Å². The standard InChI is InChI=1S/C26H28FN3O3/c1-29-11-8-22(9-12-29)30(16-18-2-5-21(27)6-3-18)13-10-23-14-20(17-32-23)19-4-7-24-25(15-19)33-26(31)28-24/h2-7,14-15,17,22H,8-13,16H2,1H3,(H,28,31). The van der Waals surface area contributed by atoms with Crippen LogP contribution in [0.2, 0.25) is 0 Å². The van der Waals surface area contributed by atoms with Gasteiger partial charge < -0.3 is 13.7 Å². The van der Waals surface area contributed by atoms with Crippen LogP contribution in [-0.4, -0.2) is 47.5 Å². The quantitative estimate of drug-likeness (QED) is 0.445. The van der Waals surface area contributed by atoms with E-state index >= 15 is 0 Å². The average Bonchev–Trinajstić information content (AvgIpc) is 3.43. The molecule has 0 aliphatic carbocycles. The van der Waals surface area contributed by atoms with E-state index in [1.54, 1.807) is 6.26 Å². The number of benzene rings is 2. The summed E-state index contributed by atoms with van der Waals surface area (Å²) in [5, 5.41) is 0. The van der Waals surface area contributed by atoms with Crippen LogP contribution in [0.15, 0.2) is 68.4 Å². The lowest BCUT2D eigenvalue weighted by molar-refractivity contribution is 0.114. The Morgan fingerprint density at radius 2 is 1.88 bits per heavy atom. The second-order valence-electron chi connectivity index (χ2n) is 8.91. The molecule has 0 radical (unpaired) electrons. The molecule has 1 saturated heterocycles. The van der Waals surface area contributed by atoms with Crippen LogP contribution in [0.5, 0.6) is 0 Å². The zero-order chi connectivity index (χ0) is 22.8. The molecule has 7 heteroatoms. The highest BCUT2D eigenvalue weighted by Crippen LogP contribution is 2.26. The number of hydrogen-bond acceptors (Lipinski definition) is 5. The Bertz CT molecular complexity index is 1270. The van der Waals surface area contributed by atoms with E-state index < -0.39 is 5.76 Å². The van der Waals surface area contributed by atoms with Gasteiger partial charge in [0.25, 0.3) is 0 Å². The number of fused-ring (bicyclic) bond motifs is 1. The lowest BCUT2D eigenvalue weighted by Crippen LogP contribution is -2.44. The molecule has 0 unspecified atom stereocenters. The van der Waals surface area contributed by atoms with Gasteiger partial charge in [0, 0.05) is 31.1 Å². The molecule has 1 N–H and O–H groups in total. The van der Waals surface area contributed by atoms with Crippen LogP contribution in [0.4, 0.5) is 4.39 Å². The molecular weight excluding hydrogens is 421 g/mol. The molecule has 1 aliphatic rings. The zero-order valence-corrected chi connectivity index (χ0v) is 18.7. The van der Waals surface area contributed by atoms with E-state index in [1.165, 1.54) is 12.1 Å². The maximum absolute atomic E-state index is 13.4. The van der Waals surface area contributed by atoms with Crippen molar-refractivity contribution in [1.82, 2.24) is 14.8 Å². The molecule has 0 atom stereocenters. The summed E-state index contributed by atoms with van der Waals surface area (Å²) in [5.74, 6) is 0.257. The van der Waals surface area contributed by atoms with E-state index in [9.17, 15) is 9.18 Å². The number of rotatable bonds is 7. The molecule has 6 nitrogen and oxygen atoms in total. The van der Waals surface area contributed by atoms with Gasteiger partial charge in [-0.25, -0.2) is 9.18 Å². The average molecular weight is 450 g/mol. The van der Waals surface area contributed by atoms with Crippen molar-refractivity contribution in [2.75, 3.05) is 26.7 Å². The Kier molecular flexibility index (Phi) is 6.15. The van der Waals surface area contributed by atoms with Crippen LogP contribution in [0, 0.1) is 5.82 Å². The maximum atomic E-state index is 13.4. The molecule has 172 valence electrons. The predicted molar refractivity (Wildman–Crippen MR) is 126 cm³/mol. The third kappa shape index (κ3) is 5.10. The number of likely N-dealkylation sites (tertiary alicyclic amines) is 1. The molecule has 1 fully saturated rings. The first-order valence-electron chi connectivity index (χ1n) is 11.4. The summed E-state index contributed by atoms with van der Waals surface area (Å²) in [6, 6.07) is 15.0. The molecule has 1 aliphatic heterocycles. The van der Waals surface area contributed by atoms with Crippen LogP contribution >= 0.6 is 0 Å². The summed E-state index contributed by atoms with van der Waals surface area (Å²) in [6.07, 6.45) is 4.79. The van der Waals surface area contributed by atoms with Gasteiger partial charge in [0.15, 0.2) is 5.58 Å². The third-order valence-electron chi connectivity index (χ3n) is 6.56. The SMILES string of the molecule is CN1CCC(N(CCc2cc(-c3ccc4[nH]c(=O)oc4c3)co2)Cc2ccc(F)cc2)CC1. The summed E-state index contributed by atoms with van der Waals surface area (Å²) in [7, 11) is 2.17. The first-order chi connectivity index (χ1) is 16.0. The first kappa shape index (κ1) is 21.7. The van der Waals surface area contributed by atoms with E-state index in [-0.39, 0.29) is 5.82 Å². The van der Waals surface area contributed by atoms with Gasteiger partial charge in [-0.2, -0.15) is 0 Å². The van der Waals surface area contributed by atoms with Crippen LogP contribution in [0.1, 0.15) is 24.2 Å². The lowest BCUT2D eigenvalue weighted by Gasteiger charge is -2.37. The highest BCUT2D eigenvalue weighted by Gasteiger charge is 2.23. The van der Waals surface area contributed by atoms with Crippen molar-refractivity contribution in [3.8, 4) is 11.1 Å². The molecule has 2 aromatic heterocycles. The van der Waals surface area contributed by atoms with E-state index in [2.05, 4.69) is 27.9 Å². The highest BCUT2D eigenvalue weighted by molar-refractivity contribution is 5.79. The van der Waals surface area contributed by atoms with Crippen molar-refractivity contribution < 1.29 is 13.2 Å². The number of H-pyrrole nitrogens is 1. The Morgan fingerprint density at radius 3 is 2.67 bits per heavy atom. The monoisotopic (exact) mass is 449 g/mol. The minimum absolute atomic E-state index is 0.204. The summed E-state index contributed by atoms with van der Waals surface area (Å²) >= 11 is 0. The Labute approximate surface area is 191 Å². The van der Waals surface area contributed by atoms with E-state index in [1.807, 2.05) is 30.3 Å². The van der Waals surface area contributed by atoms with Crippen LogP contribution in [-0.2, 0) is 13.0 Å². The van der Waals surface area contributed by atoms with Crippen LogP contribution in [0.25, 0.3) is 22.2 Å². The van der Waals surface area contributed by atoms with Crippen molar-refractivity contribution >= 4 is 11.1 Å². The highest BCUT2D eigenvalue weighted by atomic mass is 19.1. The molecular formula is C26H28FN3O3. The Balaban J connectivity index is 1.29. The van der Waals surface area contributed by atoms with Crippen molar-refractivity contribution in [1.29, 1.82) is 0 Å². The van der Waals surface area contributed by atoms with Gasteiger partial charge in [-0.15, -0.1) is 0 Å². The van der Waals surface area contributed by atoms with Gasteiger partial charge in [-0.1, -0.05) is 18.2 Å². The summed E-state index contributed by atoms with van der Waals surface area (Å²) in [5.41, 5.74) is 4.24. The number of oxazole rings is 1. The molecule has 4 aromatic rings. The van der Waals surface area contributed by atoms with Crippen molar-refractivity contribution in [3.63, 3.8) is 0 Å². The number of nitrogens with one attached hydrogen (secondary N) is 1. The smallest absolute Gasteiger partial charge is 0.417 e. The minimum Gasteiger partial charge on any atom is -0.469 e. The zero-order valence-electron chi connectivity index (χ0n) is 18.7. The molecule has 33 heavy (non-hydrogen) atoms. The van der Waals surface area contributed by atoms with Gasteiger partial charge in [0.2, 0.25) is 0 Å². The topological polar surface area (TPSA) is 65.6 Å². The van der Waals surface area contributed by atoms with Crippen molar-refractivity contribution in [2.24, 2.45) is 0 Å². The fourth-order valence-corrected chi connectivity index (χ4v) is 4.62.